The van der Waals surface area contributed by atoms with Crippen molar-refractivity contribution in [2.75, 3.05) is 12.4 Å². The molecule has 0 aliphatic rings. The molecule has 68 valence electrons. The molecular weight excluding hydrogens is 164 g/mol. The van der Waals surface area contributed by atoms with Crippen LogP contribution in [0, 0.1) is 11.3 Å². The molecule has 0 unspecified atom stereocenters. The highest BCUT2D eigenvalue weighted by Crippen LogP contribution is 2.03. The smallest absolute Gasteiger partial charge is 0.0927 e. The first-order chi connectivity index (χ1) is 6.43. The van der Waals surface area contributed by atoms with Gasteiger partial charge in [-0.25, -0.2) is 0 Å². The van der Waals surface area contributed by atoms with Gasteiger partial charge in [-0.3, -0.25) is 0 Å². The maximum absolute atomic E-state index is 8.17. The third kappa shape index (κ3) is 5.48. The summed E-state index contributed by atoms with van der Waals surface area (Å²) in [6.07, 6.45) is 3.00. The monoisotopic (exact) mass is 176 g/mol. The minimum atomic E-state index is 0.985. The molecule has 3 nitrogen and oxygen atoms in total. The molecule has 1 aromatic carbocycles. The minimum absolute atomic E-state index is 0.985. The quantitative estimate of drug-likeness (QED) is 0.675. The van der Waals surface area contributed by atoms with Crippen LogP contribution in [0.15, 0.2) is 42.6 Å². The van der Waals surface area contributed by atoms with E-state index in [0.717, 1.165) is 12.8 Å². The van der Waals surface area contributed by atoms with E-state index in [1.807, 2.05) is 36.4 Å². The van der Waals surface area contributed by atoms with Gasteiger partial charge in [-0.15, -0.1) is 0 Å². The lowest BCUT2D eigenvalue weighted by atomic mass is 10.3. The van der Waals surface area contributed by atoms with E-state index >= 15 is 0 Å². The van der Waals surface area contributed by atoms with Crippen LogP contribution < -0.4 is 5.32 Å². The number of anilines is 1. The second-order valence-corrected chi connectivity index (χ2v) is 1.97. The molecule has 0 radical (unpaired) electrons. The van der Waals surface area contributed by atoms with Gasteiger partial charge in [-0.1, -0.05) is 18.2 Å². The zero-order valence-electron chi connectivity index (χ0n) is 7.44. The lowest BCUT2D eigenvalue weighted by Crippen LogP contribution is -1.84. The highest BCUT2D eigenvalue weighted by molar-refractivity contribution is 5.45. The molecule has 1 aromatic rings. The van der Waals surface area contributed by atoms with E-state index in [-0.39, 0.29) is 0 Å². The van der Waals surface area contributed by atoms with Gasteiger partial charge in [0.15, 0.2) is 0 Å². The molecule has 0 bridgehead atoms. The fourth-order valence-electron chi connectivity index (χ4n) is 0.710. The Morgan fingerprint density at radius 3 is 2.46 bits per heavy atom. The summed E-state index contributed by atoms with van der Waals surface area (Å²) >= 11 is 0. The molecule has 0 atom stereocenters. The van der Waals surface area contributed by atoms with Crippen LogP contribution in [0.2, 0.25) is 0 Å². The molecule has 2 N–H and O–H groups in total. The second-order valence-electron chi connectivity index (χ2n) is 1.97. The summed E-state index contributed by atoms with van der Waals surface area (Å²) in [6, 6.07) is 11.6. The summed E-state index contributed by atoms with van der Waals surface area (Å²) in [5.41, 5.74) is 0.985. The van der Waals surface area contributed by atoms with Crippen molar-refractivity contribution >= 4 is 5.69 Å². The molecule has 0 spiro atoms. The number of hydrogen-bond donors (Lipinski definition) is 2. The van der Waals surface area contributed by atoms with Crippen molar-refractivity contribution in [2.24, 2.45) is 0 Å². The topological polar surface area (TPSA) is 56.0 Å². The van der Waals surface area contributed by atoms with Crippen LogP contribution in [0.25, 0.3) is 0 Å². The van der Waals surface area contributed by atoms with Gasteiger partial charge in [0.1, 0.15) is 0 Å². The van der Waals surface area contributed by atoms with Crippen LogP contribution >= 0.6 is 0 Å². The number of nitrogens with zero attached hydrogens (tertiary/aromatic N) is 1. The molecule has 0 heterocycles. The summed E-state index contributed by atoms with van der Waals surface area (Å²) in [5, 5.41) is 18.1. The number of rotatable bonds is 2. The van der Waals surface area contributed by atoms with E-state index < -0.39 is 0 Å². The first-order valence-corrected chi connectivity index (χ1v) is 3.74. The van der Waals surface area contributed by atoms with Crippen molar-refractivity contribution in [3.63, 3.8) is 0 Å². The lowest BCUT2D eigenvalue weighted by Gasteiger charge is -1.96. The SMILES string of the molecule is CO.N#CC=CNc1ccccc1. The van der Waals surface area contributed by atoms with E-state index in [4.69, 9.17) is 10.4 Å². The van der Waals surface area contributed by atoms with Gasteiger partial charge in [0.2, 0.25) is 0 Å². The fraction of sp³-hybridized carbons (Fsp3) is 0.100. The van der Waals surface area contributed by atoms with Crippen LogP contribution in [0.1, 0.15) is 0 Å². The molecule has 0 saturated carbocycles. The van der Waals surface area contributed by atoms with Crippen molar-refractivity contribution in [3.05, 3.63) is 42.6 Å². The predicted molar refractivity (Wildman–Crippen MR) is 53.0 cm³/mol. The maximum atomic E-state index is 8.17. The van der Waals surface area contributed by atoms with E-state index in [2.05, 4.69) is 5.32 Å². The van der Waals surface area contributed by atoms with Gasteiger partial charge < -0.3 is 10.4 Å². The molecule has 0 amide bonds. The van der Waals surface area contributed by atoms with Gasteiger partial charge in [0, 0.05) is 25.1 Å². The molecule has 3 heteroatoms. The van der Waals surface area contributed by atoms with Gasteiger partial charge in [-0.05, 0) is 12.1 Å². The normalized spacial score (nSPS) is 8.38. The molecule has 0 fully saturated rings. The zero-order valence-corrected chi connectivity index (χ0v) is 7.44. The summed E-state index contributed by atoms with van der Waals surface area (Å²) in [7, 11) is 1.00. The number of hydrogen-bond acceptors (Lipinski definition) is 3. The Balaban J connectivity index is 0.000000671. The fourth-order valence-corrected chi connectivity index (χ4v) is 0.710. The van der Waals surface area contributed by atoms with Crippen LogP contribution in [0.5, 0.6) is 0 Å². The number of benzene rings is 1. The highest BCUT2D eigenvalue weighted by atomic mass is 16.2. The Bertz CT molecular complexity index is 275. The molecule has 1 rings (SSSR count). The Hall–Kier alpha value is -1.79. The average molecular weight is 176 g/mol. The lowest BCUT2D eigenvalue weighted by molar-refractivity contribution is 0.399. The van der Waals surface area contributed by atoms with Crippen LogP contribution in [-0.4, -0.2) is 12.2 Å². The van der Waals surface area contributed by atoms with E-state index in [9.17, 15) is 0 Å². The third-order valence-electron chi connectivity index (χ3n) is 1.18. The Morgan fingerprint density at radius 1 is 1.31 bits per heavy atom. The first-order valence-electron chi connectivity index (χ1n) is 3.74. The summed E-state index contributed by atoms with van der Waals surface area (Å²) in [4.78, 5) is 0. The summed E-state index contributed by atoms with van der Waals surface area (Å²) in [5.74, 6) is 0. The number of aliphatic hydroxyl groups is 1. The third-order valence-corrected chi connectivity index (χ3v) is 1.18. The van der Waals surface area contributed by atoms with Crippen molar-refractivity contribution in [2.45, 2.75) is 0 Å². The average Bonchev–Trinajstić information content (AvgIpc) is 2.23. The van der Waals surface area contributed by atoms with Crippen molar-refractivity contribution in [1.29, 1.82) is 5.26 Å². The molecule has 13 heavy (non-hydrogen) atoms. The summed E-state index contributed by atoms with van der Waals surface area (Å²) < 4.78 is 0. The Morgan fingerprint density at radius 2 is 1.92 bits per heavy atom. The first kappa shape index (κ1) is 11.2. The Labute approximate surface area is 77.9 Å². The predicted octanol–water partition coefficient (Wildman–Crippen LogP) is 1.74. The number of allylic oxidation sites excluding steroid dienone is 1. The maximum Gasteiger partial charge on any atom is 0.0927 e. The number of para-hydroxylation sites is 1. The number of aliphatic hydroxyl groups excluding tert-OH is 1. The van der Waals surface area contributed by atoms with Gasteiger partial charge in [-0.2, -0.15) is 5.26 Å². The number of nitriles is 1. The van der Waals surface area contributed by atoms with Gasteiger partial charge in [0.25, 0.3) is 0 Å². The zero-order chi connectivity index (χ0) is 9.94. The van der Waals surface area contributed by atoms with Gasteiger partial charge >= 0.3 is 0 Å². The van der Waals surface area contributed by atoms with E-state index in [1.54, 1.807) is 6.20 Å². The van der Waals surface area contributed by atoms with Crippen molar-refractivity contribution < 1.29 is 5.11 Å². The van der Waals surface area contributed by atoms with E-state index in [1.165, 1.54) is 6.08 Å². The van der Waals surface area contributed by atoms with Crippen LogP contribution in [-0.2, 0) is 0 Å². The molecule has 0 saturated heterocycles. The standard InChI is InChI=1S/C9H8N2.CH4O/c10-7-4-8-11-9-5-2-1-3-6-9;1-2/h1-6,8,11H;2H,1H3. The molecular formula is C10H12N2O. The van der Waals surface area contributed by atoms with Crippen LogP contribution in [0.4, 0.5) is 5.69 Å². The van der Waals surface area contributed by atoms with Crippen molar-refractivity contribution in [1.82, 2.24) is 0 Å². The second kappa shape index (κ2) is 8.31. The minimum Gasteiger partial charge on any atom is -0.400 e. The largest absolute Gasteiger partial charge is 0.400 e. The Kier molecular flexibility index (Phi) is 7.16. The van der Waals surface area contributed by atoms with Crippen molar-refractivity contribution in [3.8, 4) is 6.07 Å². The van der Waals surface area contributed by atoms with Gasteiger partial charge in [0.05, 0.1) is 6.07 Å². The molecule has 0 aliphatic heterocycles. The molecule has 0 aliphatic carbocycles. The highest BCUT2D eigenvalue weighted by Gasteiger charge is 1.81. The van der Waals surface area contributed by atoms with Crippen LogP contribution in [0.3, 0.4) is 0 Å². The molecule has 0 aromatic heterocycles. The summed E-state index contributed by atoms with van der Waals surface area (Å²) in [6.45, 7) is 0. The van der Waals surface area contributed by atoms with E-state index in [0.29, 0.717) is 0 Å². The number of nitrogens with one attached hydrogen (secondary N) is 1.